The Morgan fingerprint density at radius 1 is 1.08 bits per heavy atom. The van der Waals surface area contributed by atoms with Gasteiger partial charge >= 0.3 is 0 Å². The van der Waals surface area contributed by atoms with Crippen LogP contribution in [-0.4, -0.2) is 31.5 Å². The minimum atomic E-state index is -3.36. The summed E-state index contributed by atoms with van der Waals surface area (Å²) >= 11 is 0. The third-order valence-electron chi connectivity index (χ3n) is 3.34. The molecule has 0 aliphatic heterocycles. The number of hydrogen-bond donors (Lipinski definition) is 2. The van der Waals surface area contributed by atoms with E-state index in [4.69, 9.17) is 4.74 Å². The molecule has 2 N–H and O–H groups in total. The highest BCUT2D eigenvalue weighted by molar-refractivity contribution is 7.92. The molecule has 0 aliphatic carbocycles. The molecule has 0 amide bonds. The molecule has 1 aromatic heterocycles. The van der Waals surface area contributed by atoms with Crippen LogP contribution in [0.5, 0.6) is 5.75 Å². The Labute approximate surface area is 142 Å². The summed E-state index contributed by atoms with van der Waals surface area (Å²) in [6.45, 7) is 2.47. The Morgan fingerprint density at radius 3 is 2.46 bits per heavy atom. The maximum atomic E-state index is 11.8. The summed E-state index contributed by atoms with van der Waals surface area (Å²) in [5.74, 6) is 1.64. The second-order valence-corrected chi connectivity index (χ2v) is 7.09. The number of aromatic nitrogens is 2. The van der Waals surface area contributed by atoms with Crippen molar-refractivity contribution in [2.24, 2.45) is 0 Å². The molecule has 2 aromatic rings. The van der Waals surface area contributed by atoms with Crippen LogP contribution in [-0.2, 0) is 16.6 Å². The summed E-state index contributed by atoms with van der Waals surface area (Å²) in [5.41, 5.74) is 0.992. The molecule has 1 heterocycles. The average Bonchev–Trinajstić information content (AvgIpc) is 2.59. The fourth-order valence-electron chi connectivity index (χ4n) is 2.06. The molecule has 0 saturated carbocycles. The highest BCUT2D eigenvalue weighted by Crippen LogP contribution is 2.18. The topological polar surface area (TPSA) is 93.2 Å². The summed E-state index contributed by atoms with van der Waals surface area (Å²) in [6.07, 6.45) is 1.43. The van der Waals surface area contributed by atoms with E-state index in [1.807, 2.05) is 31.2 Å². The van der Waals surface area contributed by atoms with Gasteiger partial charge in [-0.3, -0.25) is 4.72 Å². The maximum absolute atomic E-state index is 11.8. The first-order valence-electron chi connectivity index (χ1n) is 7.74. The summed E-state index contributed by atoms with van der Waals surface area (Å²) < 4.78 is 31.3. The number of methoxy groups -OCH3 is 1. The van der Waals surface area contributed by atoms with Crippen LogP contribution in [0.4, 0.5) is 11.6 Å². The third kappa shape index (κ3) is 5.38. The van der Waals surface area contributed by atoms with Crippen molar-refractivity contribution in [1.82, 2.24) is 10.2 Å². The van der Waals surface area contributed by atoms with E-state index in [-0.39, 0.29) is 11.6 Å². The van der Waals surface area contributed by atoms with Crippen molar-refractivity contribution in [3.8, 4) is 5.75 Å². The van der Waals surface area contributed by atoms with Crippen molar-refractivity contribution < 1.29 is 13.2 Å². The Balaban J connectivity index is 1.95. The number of ether oxygens (including phenoxy) is 1. The lowest BCUT2D eigenvalue weighted by atomic mass is 10.2. The zero-order valence-corrected chi connectivity index (χ0v) is 14.6. The Bertz CT molecular complexity index is 748. The van der Waals surface area contributed by atoms with Gasteiger partial charge in [-0.05, 0) is 24.6 Å². The quantitative estimate of drug-likeness (QED) is 0.722. The normalized spacial score (nSPS) is 11.1. The lowest BCUT2D eigenvalue weighted by Crippen LogP contribution is -2.17. The van der Waals surface area contributed by atoms with E-state index in [1.165, 1.54) is 0 Å². The Morgan fingerprint density at radius 2 is 1.79 bits per heavy atom. The molecular formula is C16H22N4O3S. The van der Waals surface area contributed by atoms with Crippen molar-refractivity contribution in [1.29, 1.82) is 0 Å². The van der Waals surface area contributed by atoms with Gasteiger partial charge in [-0.1, -0.05) is 31.5 Å². The van der Waals surface area contributed by atoms with E-state index in [9.17, 15) is 8.42 Å². The molecule has 24 heavy (non-hydrogen) atoms. The minimum absolute atomic E-state index is 0.0823. The first-order chi connectivity index (χ1) is 11.5. The van der Waals surface area contributed by atoms with Gasteiger partial charge in [0.1, 0.15) is 11.6 Å². The summed E-state index contributed by atoms with van der Waals surface area (Å²) in [5, 5.41) is 11.0. The summed E-state index contributed by atoms with van der Waals surface area (Å²) in [4.78, 5) is 0. The minimum Gasteiger partial charge on any atom is -0.496 e. The van der Waals surface area contributed by atoms with Crippen molar-refractivity contribution in [2.75, 3.05) is 22.9 Å². The zero-order valence-electron chi connectivity index (χ0n) is 13.8. The lowest BCUT2D eigenvalue weighted by molar-refractivity contribution is 0.410. The molecule has 0 radical (unpaired) electrons. The molecule has 0 atom stereocenters. The molecule has 0 saturated heterocycles. The maximum Gasteiger partial charge on any atom is 0.233 e. The van der Waals surface area contributed by atoms with Gasteiger partial charge in [0.25, 0.3) is 0 Å². The molecule has 0 fully saturated rings. The van der Waals surface area contributed by atoms with Crippen molar-refractivity contribution in [3.05, 3.63) is 42.0 Å². The van der Waals surface area contributed by atoms with Crippen LogP contribution in [0.3, 0.4) is 0 Å². The largest absolute Gasteiger partial charge is 0.496 e. The standard InChI is InChI=1S/C16H22N4O3S/c1-3-4-11-24(21,22)20-16-10-9-15(18-19-16)17-12-13-7-5-6-8-14(13)23-2/h5-10H,3-4,11-12H2,1-2H3,(H,17,18)(H,19,20). The lowest BCUT2D eigenvalue weighted by Gasteiger charge is -2.10. The van der Waals surface area contributed by atoms with Crippen molar-refractivity contribution >= 4 is 21.7 Å². The van der Waals surface area contributed by atoms with Crippen LogP contribution in [0.15, 0.2) is 36.4 Å². The van der Waals surface area contributed by atoms with Crippen LogP contribution in [0.25, 0.3) is 0 Å². The van der Waals surface area contributed by atoms with Gasteiger partial charge in [-0.2, -0.15) is 0 Å². The second kappa shape index (κ2) is 8.49. The molecule has 130 valence electrons. The average molecular weight is 350 g/mol. The fraction of sp³-hybridized carbons (Fsp3) is 0.375. The van der Waals surface area contributed by atoms with Crippen LogP contribution in [0.2, 0.25) is 0 Å². The van der Waals surface area contributed by atoms with E-state index in [2.05, 4.69) is 20.2 Å². The summed E-state index contributed by atoms with van der Waals surface area (Å²) in [7, 11) is -1.74. The number of nitrogens with zero attached hydrogens (tertiary/aromatic N) is 2. The van der Waals surface area contributed by atoms with Crippen LogP contribution in [0, 0.1) is 0 Å². The number of rotatable bonds is 9. The van der Waals surface area contributed by atoms with Gasteiger partial charge in [-0.15, -0.1) is 10.2 Å². The van der Waals surface area contributed by atoms with E-state index in [0.29, 0.717) is 18.8 Å². The molecule has 1 aromatic carbocycles. The number of sulfonamides is 1. The van der Waals surface area contributed by atoms with Crippen LogP contribution in [0.1, 0.15) is 25.3 Å². The third-order valence-corrected chi connectivity index (χ3v) is 4.69. The van der Waals surface area contributed by atoms with Gasteiger partial charge in [0, 0.05) is 12.1 Å². The first kappa shape index (κ1) is 18.0. The Hall–Kier alpha value is -2.35. The number of nitrogens with one attached hydrogen (secondary N) is 2. The van der Waals surface area contributed by atoms with Crippen LogP contribution >= 0.6 is 0 Å². The molecule has 2 rings (SSSR count). The van der Waals surface area contributed by atoms with Crippen molar-refractivity contribution in [2.45, 2.75) is 26.3 Å². The molecule has 0 bridgehead atoms. The molecule has 0 unspecified atom stereocenters. The van der Waals surface area contributed by atoms with E-state index < -0.39 is 10.0 Å². The number of anilines is 2. The number of hydrogen-bond acceptors (Lipinski definition) is 6. The summed E-state index contributed by atoms with van der Waals surface area (Å²) in [6, 6.07) is 10.9. The van der Waals surface area contributed by atoms with Gasteiger partial charge in [0.05, 0.1) is 12.9 Å². The van der Waals surface area contributed by atoms with Crippen molar-refractivity contribution in [3.63, 3.8) is 0 Å². The van der Waals surface area contributed by atoms with E-state index in [0.717, 1.165) is 17.7 Å². The highest BCUT2D eigenvalue weighted by atomic mass is 32.2. The van der Waals surface area contributed by atoms with E-state index >= 15 is 0 Å². The molecule has 0 spiro atoms. The number of para-hydroxylation sites is 1. The molecule has 0 aliphatic rings. The predicted molar refractivity (Wildman–Crippen MR) is 94.7 cm³/mol. The molecular weight excluding hydrogens is 328 g/mol. The number of benzene rings is 1. The van der Waals surface area contributed by atoms with Gasteiger partial charge in [0.15, 0.2) is 5.82 Å². The predicted octanol–water partition coefficient (Wildman–Crippen LogP) is 2.64. The Kier molecular flexibility index (Phi) is 6.36. The number of unbranched alkanes of at least 4 members (excludes halogenated alkanes) is 1. The van der Waals surface area contributed by atoms with Gasteiger partial charge in [-0.25, -0.2) is 8.42 Å². The molecule has 8 heteroatoms. The first-order valence-corrected chi connectivity index (χ1v) is 9.39. The zero-order chi connectivity index (χ0) is 17.4. The van der Waals surface area contributed by atoms with Gasteiger partial charge in [0.2, 0.25) is 10.0 Å². The smallest absolute Gasteiger partial charge is 0.233 e. The van der Waals surface area contributed by atoms with Crippen LogP contribution < -0.4 is 14.8 Å². The van der Waals surface area contributed by atoms with E-state index in [1.54, 1.807) is 19.2 Å². The SMILES string of the molecule is CCCCS(=O)(=O)Nc1ccc(NCc2ccccc2OC)nn1. The molecule has 7 nitrogen and oxygen atoms in total. The second-order valence-electron chi connectivity index (χ2n) is 5.24. The van der Waals surface area contributed by atoms with Gasteiger partial charge < -0.3 is 10.1 Å². The highest BCUT2D eigenvalue weighted by Gasteiger charge is 2.10. The fourth-order valence-corrected chi connectivity index (χ4v) is 3.26. The monoisotopic (exact) mass is 350 g/mol.